The molecule has 4 nitrogen and oxygen atoms in total. The molecule has 0 unspecified atom stereocenters. The predicted molar refractivity (Wildman–Crippen MR) is 71.3 cm³/mol. The molecule has 0 aliphatic rings. The number of nitrogen functional groups attached to an aromatic ring is 1. The van der Waals surface area contributed by atoms with E-state index in [0.29, 0.717) is 22.9 Å². The van der Waals surface area contributed by atoms with E-state index in [2.05, 4.69) is 0 Å². The molecule has 0 fully saturated rings. The number of hydrogen-bond acceptors (Lipinski definition) is 4. The minimum atomic E-state index is -0.488. The van der Waals surface area contributed by atoms with Gasteiger partial charge in [0.05, 0.1) is 13.0 Å². The first-order chi connectivity index (χ1) is 7.54. The number of esters is 1. The Kier molecular flexibility index (Phi) is 6.95. The molecule has 1 aromatic rings. The highest BCUT2D eigenvalue weighted by atomic mass is 35.5. The molecule has 1 aromatic carbocycles. The largest absolute Gasteiger partial charge is 0.466 e. The van der Waals surface area contributed by atoms with E-state index >= 15 is 0 Å². The monoisotopic (exact) mass is 278 g/mol. The average Bonchev–Trinajstić information content (AvgIpc) is 2.21. The topological polar surface area (TPSA) is 78.3 Å². The van der Waals surface area contributed by atoms with Crippen molar-refractivity contribution in [1.82, 2.24) is 0 Å². The Bertz CT molecular complexity index is 386. The number of hydrogen-bond donors (Lipinski definition) is 2. The molecule has 0 aliphatic heterocycles. The van der Waals surface area contributed by atoms with Crippen LogP contribution in [-0.2, 0) is 9.53 Å². The van der Waals surface area contributed by atoms with Crippen LogP contribution in [0.25, 0.3) is 0 Å². The summed E-state index contributed by atoms with van der Waals surface area (Å²) >= 11 is 5.83. The van der Waals surface area contributed by atoms with Crippen LogP contribution in [0.4, 0.5) is 5.69 Å². The van der Waals surface area contributed by atoms with Crippen LogP contribution in [0.1, 0.15) is 24.9 Å². The zero-order valence-electron chi connectivity index (χ0n) is 9.48. The first kappa shape index (κ1) is 16.0. The third-order valence-electron chi connectivity index (χ3n) is 2.14. The second-order valence-electron chi connectivity index (χ2n) is 3.39. The lowest BCUT2D eigenvalue weighted by molar-refractivity contribution is -0.143. The summed E-state index contributed by atoms with van der Waals surface area (Å²) in [4.78, 5) is 11.2. The number of benzene rings is 1. The SMILES string of the molecule is CCOC(=O)C[C@H](N)c1cc(Cl)ccc1N.Cl. The van der Waals surface area contributed by atoms with Crippen molar-refractivity contribution in [2.24, 2.45) is 5.73 Å². The van der Waals surface area contributed by atoms with E-state index in [1.807, 2.05) is 0 Å². The molecule has 0 bridgehead atoms. The quantitative estimate of drug-likeness (QED) is 0.654. The molecule has 0 heterocycles. The summed E-state index contributed by atoms with van der Waals surface area (Å²) < 4.78 is 4.81. The third-order valence-corrected chi connectivity index (χ3v) is 2.38. The molecule has 6 heteroatoms. The van der Waals surface area contributed by atoms with Crippen LogP contribution in [0.5, 0.6) is 0 Å². The summed E-state index contributed by atoms with van der Waals surface area (Å²) in [5.74, 6) is -0.339. The number of carbonyl (C=O) groups excluding carboxylic acids is 1. The smallest absolute Gasteiger partial charge is 0.307 e. The van der Waals surface area contributed by atoms with Gasteiger partial charge in [0.2, 0.25) is 0 Å². The van der Waals surface area contributed by atoms with Crippen molar-refractivity contribution in [1.29, 1.82) is 0 Å². The minimum Gasteiger partial charge on any atom is -0.466 e. The fourth-order valence-electron chi connectivity index (χ4n) is 1.38. The molecule has 0 saturated heterocycles. The van der Waals surface area contributed by atoms with E-state index < -0.39 is 6.04 Å². The van der Waals surface area contributed by atoms with Gasteiger partial charge in [0.15, 0.2) is 0 Å². The molecule has 96 valence electrons. The van der Waals surface area contributed by atoms with Crippen molar-refractivity contribution in [3.8, 4) is 0 Å². The van der Waals surface area contributed by atoms with Gasteiger partial charge in [0, 0.05) is 16.8 Å². The summed E-state index contributed by atoms with van der Waals surface area (Å²) in [6.07, 6.45) is 0.0956. The number of rotatable bonds is 4. The normalized spacial score (nSPS) is 11.5. The van der Waals surface area contributed by atoms with Gasteiger partial charge < -0.3 is 16.2 Å². The van der Waals surface area contributed by atoms with Gasteiger partial charge in [-0.3, -0.25) is 4.79 Å². The second-order valence-corrected chi connectivity index (χ2v) is 3.83. The highest BCUT2D eigenvalue weighted by Gasteiger charge is 2.15. The van der Waals surface area contributed by atoms with Gasteiger partial charge in [-0.05, 0) is 30.7 Å². The summed E-state index contributed by atoms with van der Waals surface area (Å²) in [7, 11) is 0. The third kappa shape index (κ3) is 4.81. The van der Waals surface area contributed by atoms with E-state index in [0.717, 1.165) is 0 Å². The van der Waals surface area contributed by atoms with E-state index in [1.165, 1.54) is 0 Å². The fraction of sp³-hybridized carbons (Fsp3) is 0.364. The number of ether oxygens (including phenoxy) is 1. The van der Waals surface area contributed by atoms with Gasteiger partial charge in [-0.1, -0.05) is 11.6 Å². The summed E-state index contributed by atoms with van der Waals surface area (Å²) in [6.45, 7) is 2.09. The van der Waals surface area contributed by atoms with Crippen molar-refractivity contribution in [2.45, 2.75) is 19.4 Å². The maximum absolute atomic E-state index is 11.2. The van der Waals surface area contributed by atoms with Crippen molar-refractivity contribution >= 4 is 35.7 Å². The number of nitrogens with two attached hydrogens (primary N) is 2. The zero-order chi connectivity index (χ0) is 12.1. The lowest BCUT2D eigenvalue weighted by Crippen LogP contribution is -2.18. The van der Waals surface area contributed by atoms with Crippen molar-refractivity contribution in [2.75, 3.05) is 12.3 Å². The Labute approximate surface area is 112 Å². The molecule has 0 radical (unpaired) electrons. The van der Waals surface area contributed by atoms with Gasteiger partial charge in [0.25, 0.3) is 0 Å². The number of carbonyl (C=O) groups is 1. The Morgan fingerprint density at radius 3 is 2.76 bits per heavy atom. The number of anilines is 1. The number of halogens is 2. The van der Waals surface area contributed by atoms with Crippen LogP contribution >= 0.6 is 24.0 Å². The summed E-state index contributed by atoms with van der Waals surface area (Å²) in [5.41, 5.74) is 12.8. The molecule has 0 aromatic heterocycles. The van der Waals surface area contributed by atoms with Crippen LogP contribution in [0, 0.1) is 0 Å². The highest BCUT2D eigenvalue weighted by molar-refractivity contribution is 6.30. The second kappa shape index (κ2) is 7.37. The lowest BCUT2D eigenvalue weighted by atomic mass is 10.0. The van der Waals surface area contributed by atoms with Crippen LogP contribution in [0.15, 0.2) is 18.2 Å². The molecule has 17 heavy (non-hydrogen) atoms. The molecule has 1 rings (SSSR count). The molecule has 0 spiro atoms. The summed E-state index contributed by atoms with van der Waals surface area (Å²) in [6, 6.07) is 4.53. The standard InChI is InChI=1S/C11H15ClN2O2.ClH/c1-2-16-11(15)6-10(14)8-5-7(12)3-4-9(8)13;/h3-5,10H,2,6,13-14H2,1H3;1H/t10-;/m0./s1. The zero-order valence-corrected chi connectivity index (χ0v) is 11.1. The Morgan fingerprint density at radius 2 is 2.18 bits per heavy atom. The lowest BCUT2D eigenvalue weighted by Gasteiger charge is -2.13. The molecule has 0 amide bonds. The summed E-state index contributed by atoms with van der Waals surface area (Å²) in [5, 5.41) is 0.545. The minimum absolute atomic E-state index is 0. The Hall–Kier alpha value is -0.970. The first-order valence-electron chi connectivity index (χ1n) is 5.00. The maximum Gasteiger partial charge on any atom is 0.307 e. The Balaban J connectivity index is 0.00000256. The first-order valence-corrected chi connectivity index (χ1v) is 5.38. The van der Waals surface area contributed by atoms with Gasteiger partial charge in [0.1, 0.15) is 0 Å². The fourth-order valence-corrected chi connectivity index (χ4v) is 1.56. The molecular formula is C11H16Cl2N2O2. The van der Waals surface area contributed by atoms with Gasteiger partial charge >= 0.3 is 5.97 Å². The van der Waals surface area contributed by atoms with Crippen LogP contribution in [0.3, 0.4) is 0 Å². The average molecular weight is 279 g/mol. The van der Waals surface area contributed by atoms with E-state index in [9.17, 15) is 4.79 Å². The molecule has 0 aliphatic carbocycles. The van der Waals surface area contributed by atoms with E-state index in [1.54, 1.807) is 25.1 Å². The molecule has 0 saturated carbocycles. The van der Waals surface area contributed by atoms with Gasteiger partial charge in [-0.15, -0.1) is 12.4 Å². The van der Waals surface area contributed by atoms with E-state index in [-0.39, 0.29) is 24.8 Å². The maximum atomic E-state index is 11.2. The van der Waals surface area contributed by atoms with Gasteiger partial charge in [-0.2, -0.15) is 0 Å². The molecular weight excluding hydrogens is 263 g/mol. The predicted octanol–water partition coefficient (Wildman–Crippen LogP) is 2.30. The van der Waals surface area contributed by atoms with Crippen LogP contribution in [0.2, 0.25) is 5.02 Å². The van der Waals surface area contributed by atoms with Crippen LogP contribution in [-0.4, -0.2) is 12.6 Å². The molecule has 1 atom stereocenters. The Morgan fingerprint density at radius 1 is 1.53 bits per heavy atom. The molecule has 4 N–H and O–H groups in total. The van der Waals surface area contributed by atoms with Crippen molar-refractivity contribution < 1.29 is 9.53 Å². The van der Waals surface area contributed by atoms with Gasteiger partial charge in [-0.25, -0.2) is 0 Å². The highest BCUT2D eigenvalue weighted by Crippen LogP contribution is 2.24. The van der Waals surface area contributed by atoms with E-state index in [4.69, 9.17) is 27.8 Å². The van der Waals surface area contributed by atoms with Crippen molar-refractivity contribution in [3.05, 3.63) is 28.8 Å². The van der Waals surface area contributed by atoms with Crippen LogP contribution < -0.4 is 11.5 Å². The van der Waals surface area contributed by atoms with Crippen molar-refractivity contribution in [3.63, 3.8) is 0 Å².